The second-order valence-electron chi connectivity index (χ2n) is 4.49. The fourth-order valence-corrected chi connectivity index (χ4v) is 1.58. The van der Waals surface area contributed by atoms with Crippen LogP contribution in [0, 0.1) is 0 Å². The van der Waals surface area contributed by atoms with Crippen LogP contribution in [0.1, 0.15) is 25.3 Å². The van der Waals surface area contributed by atoms with Crippen LogP contribution >= 0.6 is 0 Å². The lowest BCUT2D eigenvalue weighted by molar-refractivity contribution is -0.190. The minimum atomic E-state index is -4.69. The number of aromatic nitrogens is 3. The summed E-state index contributed by atoms with van der Waals surface area (Å²) in [6, 6.07) is 3.52. The van der Waals surface area contributed by atoms with Gasteiger partial charge in [0.1, 0.15) is 5.69 Å². The minimum Gasteiger partial charge on any atom is -0.336 e. The first-order chi connectivity index (χ1) is 9.27. The molecule has 0 radical (unpaired) electrons. The van der Waals surface area contributed by atoms with Gasteiger partial charge in [0.15, 0.2) is 5.54 Å². The Morgan fingerprint density at radius 2 is 2.05 bits per heavy atom. The average molecular weight is 286 g/mol. The number of rotatable bonds is 3. The fourth-order valence-electron chi connectivity index (χ4n) is 1.58. The van der Waals surface area contributed by atoms with E-state index in [4.69, 9.17) is 5.73 Å². The zero-order valence-electron chi connectivity index (χ0n) is 10.9. The topological polar surface area (TPSA) is 77.8 Å². The van der Waals surface area contributed by atoms with E-state index in [0.29, 0.717) is 12.1 Å². The van der Waals surface area contributed by atoms with Crippen molar-refractivity contribution >= 4 is 0 Å². The molecule has 2 aromatic heterocycles. The van der Waals surface area contributed by atoms with Gasteiger partial charge in [0.25, 0.3) is 5.89 Å². The molecule has 1 unspecified atom stereocenters. The average Bonchev–Trinajstić information content (AvgIpc) is 2.87. The standard InChI is InChI=1S/C12H13F3N4O/c1-3-7-5-4-6-17-8(7)9-18-10(20-19-9)11(2,16)12(13,14)15/h4-6H,3,16H2,1-2H3. The molecular weight excluding hydrogens is 273 g/mol. The van der Waals surface area contributed by atoms with Crippen LogP contribution in [0.4, 0.5) is 13.2 Å². The normalized spacial score (nSPS) is 15.1. The van der Waals surface area contributed by atoms with Crippen molar-refractivity contribution in [2.45, 2.75) is 32.0 Å². The zero-order valence-corrected chi connectivity index (χ0v) is 10.9. The highest BCUT2D eigenvalue weighted by molar-refractivity contribution is 5.53. The highest BCUT2D eigenvalue weighted by Crippen LogP contribution is 2.36. The largest absolute Gasteiger partial charge is 0.415 e. The van der Waals surface area contributed by atoms with Crippen LogP contribution in [0.3, 0.4) is 0 Å². The van der Waals surface area contributed by atoms with Crippen molar-refractivity contribution < 1.29 is 17.7 Å². The monoisotopic (exact) mass is 286 g/mol. The summed E-state index contributed by atoms with van der Waals surface area (Å²) in [4.78, 5) is 7.81. The summed E-state index contributed by atoms with van der Waals surface area (Å²) in [5, 5.41) is 3.55. The molecule has 20 heavy (non-hydrogen) atoms. The number of hydrogen-bond acceptors (Lipinski definition) is 5. The van der Waals surface area contributed by atoms with Crippen LogP contribution in [0.15, 0.2) is 22.9 Å². The Kier molecular flexibility index (Phi) is 3.51. The molecule has 5 nitrogen and oxygen atoms in total. The molecule has 2 aromatic rings. The molecule has 0 amide bonds. The molecule has 0 fully saturated rings. The summed E-state index contributed by atoms with van der Waals surface area (Å²) in [7, 11) is 0. The van der Waals surface area contributed by atoms with E-state index in [2.05, 4.69) is 19.6 Å². The van der Waals surface area contributed by atoms with Crippen molar-refractivity contribution in [3.8, 4) is 11.5 Å². The summed E-state index contributed by atoms with van der Waals surface area (Å²) in [5.41, 5.74) is 3.74. The van der Waals surface area contributed by atoms with Crippen molar-refractivity contribution in [1.82, 2.24) is 15.1 Å². The molecule has 0 bridgehead atoms. The number of nitrogens with zero attached hydrogens (tertiary/aromatic N) is 3. The summed E-state index contributed by atoms with van der Waals surface area (Å²) >= 11 is 0. The Balaban J connectivity index is 2.44. The third-order valence-electron chi connectivity index (χ3n) is 2.94. The summed E-state index contributed by atoms with van der Waals surface area (Å²) < 4.78 is 43.1. The van der Waals surface area contributed by atoms with Crippen LogP contribution in [0.5, 0.6) is 0 Å². The fraction of sp³-hybridized carbons (Fsp3) is 0.417. The molecule has 108 valence electrons. The molecule has 0 aliphatic carbocycles. The first-order valence-corrected chi connectivity index (χ1v) is 5.91. The number of alkyl halides is 3. The third kappa shape index (κ3) is 2.38. The molecule has 1 atom stereocenters. The molecule has 0 aliphatic heterocycles. The molecular formula is C12H13F3N4O. The lowest BCUT2D eigenvalue weighted by atomic mass is 10.0. The van der Waals surface area contributed by atoms with Crippen LogP contribution in [-0.4, -0.2) is 21.3 Å². The summed E-state index contributed by atoms with van der Waals surface area (Å²) in [6.45, 7) is 2.67. The molecule has 8 heteroatoms. The van der Waals surface area contributed by atoms with Crippen molar-refractivity contribution in [3.05, 3.63) is 29.8 Å². The van der Waals surface area contributed by atoms with Gasteiger partial charge in [-0.2, -0.15) is 18.2 Å². The number of hydrogen-bond donors (Lipinski definition) is 1. The Morgan fingerprint density at radius 1 is 1.35 bits per heavy atom. The van der Waals surface area contributed by atoms with Crippen molar-refractivity contribution in [2.75, 3.05) is 0 Å². The highest BCUT2D eigenvalue weighted by atomic mass is 19.4. The summed E-state index contributed by atoms with van der Waals surface area (Å²) in [6.07, 6.45) is -2.53. The Bertz CT molecular complexity index is 607. The molecule has 0 spiro atoms. The van der Waals surface area contributed by atoms with E-state index in [0.717, 1.165) is 12.5 Å². The van der Waals surface area contributed by atoms with E-state index >= 15 is 0 Å². The quantitative estimate of drug-likeness (QED) is 0.937. The van der Waals surface area contributed by atoms with E-state index < -0.39 is 17.6 Å². The Morgan fingerprint density at radius 3 is 2.65 bits per heavy atom. The van der Waals surface area contributed by atoms with Gasteiger partial charge in [-0.15, -0.1) is 0 Å². The molecule has 2 rings (SSSR count). The van der Waals surface area contributed by atoms with Gasteiger partial charge in [0, 0.05) is 6.20 Å². The Hall–Kier alpha value is -1.96. The van der Waals surface area contributed by atoms with Gasteiger partial charge in [-0.3, -0.25) is 4.98 Å². The lowest BCUT2D eigenvalue weighted by Gasteiger charge is -2.22. The third-order valence-corrected chi connectivity index (χ3v) is 2.94. The van der Waals surface area contributed by atoms with Gasteiger partial charge < -0.3 is 10.3 Å². The molecule has 0 aliphatic rings. The van der Waals surface area contributed by atoms with E-state index in [9.17, 15) is 13.2 Å². The lowest BCUT2D eigenvalue weighted by Crippen LogP contribution is -2.48. The van der Waals surface area contributed by atoms with Crippen LogP contribution in [0.25, 0.3) is 11.5 Å². The number of nitrogens with two attached hydrogens (primary N) is 1. The molecule has 0 aromatic carbocycles. The number of pyridine rings is 1. The molecule has 2 N–H and O–H groups in total. The SMILES string of the molecule is CCc1cccnc1-c1noc(C(C)(N)C(F)(F)F)n1. The van der Waals surface area contributed by atoms with E-state index in [1.54, 1.807) is 12.1 Å². The predicted octanol–water partition coefficient (Wildman–Crippen LogP) is 2.43. The van der Waals surface area contributed by atoms with Crippen LogP contribution in [0.2, 0.25) is 0 Å². The van der Waals surface area contributed by atoms with Crippen LogP contribution < -0.4 is 5.73 Å². The van der Waals surface area contributed by atoms with E-state index in [-0.39, 0.29) is 5.82 Å². The van der Waals surface area contributed by atoms with Crippen molar-refractivity contribution in [3.63, 3.8) is 0 Å². The number of halogens is 3. The van der Waals surface area contributed by atoms with E-state index in [1.807, 2.05) is 6.92 Å². The predicted molar refractivity (Wildman–Crippen MR) is 64.5 cm³/mol. The van der Waals surface area contributed by atoms with Crippen molar-refractivity contribution in [1.29, 1.82) is 0 Å². The van der Waals surface area contributed by atoms with Crippen molar-refractivity contribution in [2.24, 2.45) is 5.73 Å². The maximum absolute atomic E-state index is 12.8. The van der Waals surface area contributed by atoms with Gasteiger partial charge in [-0.1, -0.05) is 18.1 Å². The summed E-state index contributed by atoms with van der Waals surface area (Å²) in [5.74, 6) is -0.689. The highest BCUT2D eigenvalue weighted by Gasteiger charge is 2.53. The van der Waals surface area contributed by atoms with Gasteiger partial charge >= 0.3 is 6.18 Å². The maximum Gasteiger partial charge on any atom is 0.415 e. The van der Waals surface area contributed by atoms with Gasteiger partial charge in [-0.25, -0.2) is 0 Å². The van der Waals surface area contributed by atoms with Gasteiger partial charge in [-0.05, 0) is 25.0 Å². The first kappa shape index (κ1) is 14.4. The molecule has 2 heterocycles. The zero-order chi connectivity index (χ0) is 15.0. The maximum atomic E-state index is 12.8. The molecule has 0 saturated carbocycles. The second kappa shape index (κ2) is 4.86. The van der Waals surface area contributed by atoms with E-state index in [1.165, 1.54) is 6.20 Å². The number of aryl methyl sites for hydroxylation is 1. The second-order valence-corrected chi connectivity index (χ2v) is 4.49. The Labute approximate surface area is 113 Å². The smallest absolute Gasteiger partial charge is 0.336 e. The van der Waals surface area contributed by atoms with Gasteiger partial charge in [0.2, 0.25) is 5.82 Å². The first-order valence-electron chi connectivity index (χ1n) is 5.91. The van der Waals surface area contributed by atoms with Crippen LogP contribution in [-0.2, 0) is 12.0 Å². The minimum absolute atomic E-state index is 0.00150. The van der Waals surface area contributed by atoms with Gasteiger partial charge in [0.05, 0.1) is 0 Å². The molecule has 0 saturated heterocycles.